The number of rotatable bonds is 6. The van der Waals surface area contributed by atoms with Crippen molar-refractivity contribution in [3.8, 4) is 28.5 Å². The quantitative estimate of drug-likeness (QED) is 0.334. The van der Waals surface area contributed by atoms with Crippen LogP contribution in [0.3, 0.4) is 0 Å². The standard InChI is InChI=1S/C21H18N2O6S2/c1-27-16-7-12(8-17(28-2)19(16)29-3)9-18-20(24)22-15(11-30-21(22)31-18)13-5-4-6-14(10-13)23(25)26/h4-11,25H,1-3H3/b18-9-. The van der Waals surface area contributed by atoms with Gasteiger partial charge in [-0.2, -0.15) is 0 Å². The van der Waals surface area contributed by atoms with Crippen LogP contribution in [0.15, 0.2) is 51.0 Å². The number of anilines is 1. The third-order valence-electron chi connectivity index (χ3n) is 4.65. The van der Waals surface area contributed by atoms with E-state index < -0.39 is 0 Å². The van der Waals surface area contributed by atoms with E-state index in [1.165, 1.54) is 56.6 Å². The highest BCUT2D eigenvalue weighted by molar-refractivity contribution is 8.05. The zero-order valence-electron chi connectivity index (χ0n) is 16.8. The molecule has 0 aliphatic carbocycles. The lowest BCUT2D eigenvalue weighted by Gasteiger charge is -2.21. The minimum Gasteiger partial charge on any atom is -0.733 e. The van der Waals surface area contributed by atoms with Crippen LogP contribution in [0.1, 0.15) is 10.4 Å². The lowest BCUT2D eigenvalue weighted by molar-refractivity contribution is -0.588. The maximum atomic E-state index is 13.2. The van der Waals surface area contributed by atoms with Gasteiger partial charge in [0.05, 0.1) is 32.4 Å². The first kappa shape index (κ1) is 21.2. The molecule has 10 heteroatoms. The number of carbonyl (C=O) groups is 1. The number of thioether (sulfide) groups is 1. The number of thiazole rings is 1. The van der Waals surface area contributed by atoms with Crippen molar-refractivity contribution in [3.63, 3.8) is 0 Å². The molecular formula is C21H18N2O6S2. The highest BCUT2D eigenvalue weighted by Gasteiger charge is 2.41. The fraction of sp³-hybridized carbons (Fsp3) is 0.143. The fourth-order valence-corrected chi connectivity index (χ4v) is 5.41. The summed E-state index contributed by atoms with van der Waals surface area (Å²) in [4.78, 5) is 13.7. The molecule has 8 nitrogen and oxygen atoms in total. The lowest BCUT2D eigenvalue weighted by atomic mass is 10.1. The molecule has 0 saturated carbocycles. The molecule has 160 valence electrons. The number of carbonyl (C=O) groups excluding carboxylic acids is 1. The molecule has 0 fully saturated rings. The lowest BCUT2D eigenvalue weighted by Crippen LogP contribution is -2.40. The van der Waals surface area contributed by atoms with E-state index in [0.29, 0.717) is 33.4 Å². The maximum absolute atomic E-state index is 13.2. The van der Waals surface area contributed by atoms with Crippen LogP contribution in [0, 0.1) is 5.21 Å². The normalized spacial score (nSPS) is 14.0. The van der Waals surface area contributed by atoms with Gasteiger partial charge in [-0.3, -0.25) is 5.21 Å². The van der Waals surface area contributed by atoms with Crippen molar-refractivity contribution in [1.29, 1.82) is 0 Å². The molecule has 0 unspecified atom stereocenters. The molecule has 31 heavy (non-hydrogen) atoms. The molecule has 0 saturated heterocycles. The van der Waals surface area contributed by atoms with Crippen LogP contribution in [-0.2, 0) is 0 Å². The number of fused-ring (bicyclic) bond motifs is 1. The SMILES string of the molecule is COc1cc(/C=C2\Sc3scc(-c4cccc(N([O-])O)c4)[n+]3C2=O)cc(OC)c1OC. The highest BCUT2D eigenvalue weighted by atomic mass is 32.2. The summed E-state index contributed by atoms with van der Waals surface area (Å²) in [6, 6.07) is 9.99. The van der Waals surface area contributed by atoms with E-state index in [2.05, 4.69) is 0 Å². The zero-order chi connectivity index (χ0) is 22.1. The minimum absolute atomic E-state index is 0.0873. The van der Waals surface area contributed by atoms with E-state index in [0.717, 1.165) is 9.90 Å². The fourth-order valence-electron chi connectivity index (χ4n) is 3.23. The van der Waals surface area contributed by atoms with Crippen LogP contribution in [0.25, 0.3) is 17.3 Å². The summed E-state index contributed by atoms with van der Waals surface area (Å²) in [5.41, 5.74) is 2.11. The Labute approximate surface area is 186 Å². The van der Waals surface area contributed by atoms with Gasteiger partial charge in [0.2, 0.25) is 11.4 Å². The van der Waals surface area contributed by atoms with Gasteiger partial charge >= 0.3 is 10.2 Å². The highest BCUT2D eigenvalue weighted by Crippen LogP contribution is 2.41. The summed E-state index contributed by atoms with van der Waals surface area (Å²) in [6.45, 7) is 0. The molecule has 2 aromatic carbocycles. The number of allylic oxidation sites excluding steroid dienone is 1. The molecule has 2 heterocycles. The summed E-state index contributed by atoms with van der Waals surface area (Å²) in [7, 11) is 4.60. The number of ether oxygens (including phenoxy) is 3. The number of benzene rings is 2. The zero-order valence-corrected chi connectivity index (χ0v) is 18.5. The van der Waals surface area contributed by atoms with Crippen LogP contribution < -0.4 is 24.0 Å². The third kappa shape index (κ3) is 3.86. The van der Waals surface area contributed by atoms with Crippen molar-refractivity contribution >= 4 is 40.8 Å². The Hall–Kier alpha value is -3.05. The number of nitrogens with zero attached hydrogens (tertiary/aromatic N) is 2. The third-order valence-corrected chi connectivity index (χ3v) is 6.79. The van der Waals surface area contributed by atoms with Crippen molar-refractivity contribution in [2.24, 2.45) is 0 Å². The smallest absolute Gasteiger partial charge is 0.433 e. The summed E-state index contributed by atoms with van der Waals surface area (Å²) in [5, 5.41) is 22.1. The molecule has 0 bridgehead atoms. The first-order chi connectivity index (χ1) is 15.0. The largest absolute Gasteiger partial charge is 0.733 e. The Morgan fingerprint density at radius 3 is 2.42 bits per heavy atom. The van der Waals surface area contributed by atoms with Crippen molar-refractivity contribution < 1.29 is 28.8 Å². The predicted octanol–water partition coefficient (Wildman–Crippen LogP) is 4.21. The average molecular weight is 459 g/mol. The maximum Gasteiger partial charge on any atom is 0.433 e. The second-order valence-electron chi connectivity index (χ2n) is 6.42. The second-order valence-corrected chi connectivity index (χ2v) is 8.57. The van der Waals surface area contributed by atoms with Crippen LogP contribution in [0.4, 0.5) is 5.69 Å². The Morgan fingerprint density at radius 1 is 1.10 bits per heavy atom. The molecule has 1 N–H and O–H groups in total. The van der Waals surface area contributed by atoms with E-state index in [9.17, 15) is 15.2 Å². The number of aromatic nitrogens is 1. The Morgan fingerprint density at radius 2 is 1.81 bits per heavy atom. The first-order valence-electron chi connectivity index (χ1n) is 9.01. The van der Waals surface area contributed by atoms with Gasteiger partial charge in [0.1, 0.15) is 4.91 Å². The van der Waals surface area contributed by atoms with Gasteiger partial charge in [0.15, 0.2) is 11.5 Å². The van der Waals surface area contributed by atoms with Gasteiger partial charge < -0.3 is 24.6 Å². The monoisotopic (exact) mass is 458 g/mol. The topological polar surface area (TPSA) is 95.2 Å². The van der Waals surface area contributed by atoms with Crippen molar-refractivity contribution in [1.82, 2.24) is 0 Å². The summed E-state index contributed by atoms with van der Waals surface area (Å²) >= 11 is 2.79. The Bertz CT molecular complexity index is 1160. The van der Waals surface area contributed by atoms with Gasteiger partial charge in [0, 0.05) is 17.3 Å². The molecule has 3 aromatic rings. The van der Waals surface area contributed by atoms with Crippen LogP contribution in [0.2, 0.25) is 0 Å². The van der Waals surface area contributed by atoms with Gasteiger partial charge in [-0.15, -0.1) is 4.57 Å². The van der Waals surface area contributed by atoms with Gasteiger partial charge in [-0.25, -0.2) is 4.79 Å². The van der Waals surface area contributed by atoms with Gasteiger partial charge in [-0.05, 0) is 42.0 Å². The number of methoxy groups -OCH3 is 3. The van der Waals surface area contributed by atoms with Crippen LogP contribution in [0.5, 0.6) is 17.2 Å². The molecule has 0 amide bonds. The van der Waals surface area contributed by atoms with Gasteiger partial charge in [0.25, 0.3) is 0 Å². The van der Waals surface area contributed by atoms with Crippen molar-refractivity contribution in [2.75, 3.05) is 26.6 Å². The van der Waals surface area contributed by atoms with Gasteiger partial charge in [-0.1, -0.05) is 17.4 Å². The van der Waals surface area contributed by atoms with Crippen molar-refractivity contribution in [3.05, 3.63) is 57.5 Å². The second kappa shape index (κ2) is 8.60. The Balaban J connectivity index is 1.72. The van der Waals surface area contributed by atoms with Crippen molar-refractivity contribution in [2.45, 2.75) is 4.34 Å². The molecule has 1 aliphatic rings. The van der Waals surface area contributed by atoms with E-state index in [4.69, 9.17) is 14.2 Å². The molecule has 1 aromatic heterocycles. The number of hydrogen-bond donors (Lipinski definition) is 1. The average Bonchev–Trinajstić information content (AvgIpc) is 3.33. The van der Waals surface area contributed by atoms with E-state index in [-0.39, 0.29) is 16.8 Å². The molecule has 0 radical (unpaired) electrons. The number of hydrogen-bond acceptors (Lipinski definition) is 9. The Kier molecular flexibility index (Phi) is 5.88. The molecule has 0 atom stereocenters. The van der Waals surface area contributed by atoms with Crippen LogP contribution >= 0.6 is 23.1 Å². The predicted molar refractivity (Wildman–Crippen MR) is 118 cm³/mol. The molecule has 0 spiro atoms. The molecular weight excluding hydrogens is 440 g/mol. The van der Waals surface area contributed by atoms with Crippen LogP contribution in [-0.4, -0.2) is 32.4 Å². The van der Waals surface area contributed by atoms with E-state index in [1.54, 1.807) is 34.9 Å². The van der Waals surface area contributed by atoms with E-state index >= 15 is 0 Å². The minimum atomic E-state index is -0.201. The first-order valence-corrected chi connectivity index (χ1v) is 10.7. The molecule has 4 rings (SSSR count). The van der Waals surface area contributed by atoms with E-state index in [1.807, 2.05) is 5.38 Å². The molecule has 1 aliphatic heterocycles. The summed E-state index contributed by atoms with van der Waals surface area (Å²) < 4.78 is 18.5. The summed E-state index contributed by atoms with van der Waals surface area (Å²) in [5.74, 6) is 1.29. The summed E-state index contributed by atoms with van der Waals surface area (Å²) in [6.07, 6.45) is 1.77.